The Bertz CT molecular complexity index is 434. The molecule has 0 atom stereocenters. The summed E-state index contributed by atoms with van der Waals surface area (Å²) in [6.45, 7) is 1.50. The van der Waals surface area contributed by atoms with Crippen molar-refractivity contribution in [3.8, 4) is 5.75 Å². The Morgan fingerprint density at radius 3 is 2.93 bits per heavy atom. The van der Waals surface area contributed by atoms with Gasteiger partial charge in [-0.1, -0.05) is 6.07 Å². The number of hydrogen-bond donors (Lipinski definition) is 1. The number of benzene rings is 1. The van der Waals surface area contributed by atoms with Crippen LogP contribution < -0.4 is 10.5 Å². The van der Waals surface area contributed by atoms with E-state index in [-0.39, 0.29) is 0 Å². The minimum absolute atomic E-state index is 0.654. The van der Waals surface area contributed by atoms with Crippen LogP contribution in [-0.2, 0) is 6.54 Å². The van der Waals surface area contributed by atoms with Crippen molar-refractivity contribution < 1.29 is 4.74 Å². The molecule has 1 heterocycles. The van der Waals surface area contributed by atoms with Gasteiger partial charge in [0.05, 0.1) is 12.6 Å². The number of fused-ring (bicyclic) bond motifs is 1. The Morgan fingerprint density at radius 2 is 2.21 bits per heavy atom. The zero-order chi connectivity index (χ0) is 9.97. The van der Waals surface area contributed by atoms with Crippen LogP contribution in [0.5, 0.6) is 5.75 Å². The maximum Gasteiger partial charge on any atom is 0.128 e. The highest BCUT2D eigenvalue weighted by Gasteiger charge is 2.04. The van der Waals surface area contributed by atoms with Crippen LogP contribution in [0, 0.1) is 0 Å². The van der Waals surface area contributed by atoms with E-state index in [0.717, 1.165) is 17.7 Å². The molecule has 0 unspecified atom stereocenters. The molecule has 0 aliphatic carbocycles. The lowest BCUT2D eigenvalue weighted by Crippen LogP contribution is -2.08. The predicted octanol–water partition coefficient (Wildman–Crippen LogP) is 1.61. The Kier molecular flexibility index (Phi) is 2.41. The molecule has 0 spiro atoms. The van der Waals surface area contributed by atoms with E-state index in [2.05, 4.69) is 16.7 Å². The number of nitrogens with two attached hydrogens (primary N) is 1. The SMILES string of the molecule is COc1cccc2c1ccn2CCN. The molecule has 0 aliphatic rings. The van der Waals surface area contributed by atoms with Crippen LogP contribution in [0.1, 0.15) is 0 Å². The Hall–Kier alpha value is -1.48. The van der Waals surface area contributed by atoms with Gasteiger partial charge in [0, 0.05) is 24.7 Å². The topological polar surface area (TPSA) is 40.2 Å². The van der Waals surface area contributed by atoms with Crippen LogP contribution >= 0.6 is 0 Å². The fraction of sp³-hybridized carbons (Fsp3) is 0.273. The molecular formula is C11H14N2O. The van der Waals surface area contributed by atoms with Gasteiger partial charge in [-0.15, -0.1) is 0 Å². The largest absolute Gasteiger partial charge is 0.496 e. The number of ether oxygens (including phenoxy) is 1. The van der Waals surface area contributed by atoms with Gasteiger partial charge in [0.1, 0.15) is 5.75 Å². The standard InChI is InChI=1S/C11H14N2O/c1-14-11-4-2-3-10-9(11)5-7-13(10)8-6-12/h2-5,7H,6,8,12H2,1H3. The van der Waals surface area contributed by atoms with E-state index >= 15 is 0 Å². The number of rotatable bonds is 3. The number of nitrogens with zero attached hydrogens (tertiary/aromatic N) is 1. The first kappa shape index (κ1) is 9.09. The van der Waals surface area contributed by atoms with Crippen LogP contribution in [0.3, 0.4) is 0 Å². The van der Waals surface area contributed by atoms with Gasteiger partial charge in [0.2, 0.25) is 0 Å². The lowest BCUT2D eigenvalue weighted by atomic mass is 10.2. The van der Waals surface area contributed by atoms with Gasteiger partial charge in [-0.05, 0) is 18.2 Å². The van der Waals surface area contributed by atoms with Gasteiger partial charge in [-0.3, -0.25) is 0 Å². The molecule has 0 fully saturated rings. The summed E-state index contributed by atoms with van der Waals surface area (Å²) in [5.41, 5.74) is 6.70. The van der Waals surface area contributed by atoms with E-state index < -0.39 is 0 Å². The molecular weight excluding hydrogens is 176 g/mol. The minimum atomic E-state index is 0.654. The highest BCUT2D eigenvalue weighted by molar-refractivity contribution is 5.86. The maximum atomic E-state index is 5.53. The van der Waals surface area contributed by atoms with E-state index in [1.807, 2.05) is 18.3 Å². The Labute approximate surface area is 83.1 Å². The highest BCUT2D eigenvalue weighted by Crippen LogP contribution is 2.25. The van der Waals surface area contributed by atoms with Crippen molar-refractivity contribution in [2.45, 2.75) is 6.54 Å². The third kappa shape index (κ3) is 1.36. The van der Waals surface area contributed by atoms with E-state index in [4.69, 9.17) is 10.5 Å². The van der Waals surface area contributed by atoms with Crippen molar-refractivity contribution in [1.29, 1.82) is 0 Å². The molecule has 1 aromatic heterocycles. The summed E-state index contributed by atoms with van der Waals surface area (Å²) in [6.07, 6.45) is 2.04. The maximum absolute atomic E-state index is 5.53. The van der Waals surface area contributed by atoms with E-state index in [1.165, 1.54) is 5.52 Å². The molecule has 1 aromatic carbocycles. The minimum Gasteiger partial charge on any atom is -0.496 e. The van der Waals surface area contributed by atoms with Crippen molar-refractivity contribution in [3.05, 3.63) is 30.5 Å². The molecule has 0 saturated heterocycles. The van der Waals surface area contributed by atoms with Crippen molar-refractivity contribution >= 4 is 10.9 Å². The van der Waals surface area contributed by atoms with Crippen LogP contribution in [0.4, 0.5) is 0 Å². The van der Waals surface area contributed by atoms with Crippen LogP contribution in [0.15, 0.2) is 30.5 Å². The first-order valence-corrected chi connectivity index (χ1v) is 4.68. The fourth-order valence-electron chi connectivity index (χ4n) is 1.71. The first-order chi connectivity index (χ1) is 6.86. The van der Waals surface area contributed by atoms with Crippen LogP contribution in [0.25, 0.3) is 10.9 Å². The molecule has 14 heavy (non-hydrogen) atoms. The quantitative estimate of drug-likeness (QED) is 0.798. The molecule has 0 amide bonds. The average Bonchev–Trinajstić information content (AvgIpc) is 2.62. The molecule has 74 valence electrons. The Balaban J connectivity index is 2.57. The number of aromatic nitrogens is 1. The zero-order valence-electron chi connectivity index (χ0n) is 8.23. The summed E-state index contributed by atoms with van der Waals surface area (Å²) in [7, 11) is 1.69. The second-order valence-electron chi connectivity index (χ2n) is 3.19. The molecule has 0 saturated carbocycles. The van der Waals surface area contributed by atoms with Gasteiger partial charge >= 0.3 is 0 Å². The second-order valence-corrected chi connectivity index (χ2v) is 3.19. The average molecular weight is 190 g/mol. The van der Waals surface area contributed by atoms with E-state index in [1.54, 1.807) is 7.11 Å². The van der Waals surface area contributed by atoms with Gasteiger partial charge in [-0.25, -0.2) is 0 Å². The molecule has 2 aromatic rings. The fourth-order valence-corrected chi connectivity index (χ4v) is 1.71. The van der Waals surface area contributed by atoms with Gasteiger partial charge < -0.3 is 15.0 Å². The Morgan fingerprint density at radius 1 is 1.36 bits per heavy atom. The summed E-state index contributed by atoms with van der Waals surface area (Å²) >= 11 is 0. The first-order valence-electron chi connectivity index (χ1n) is 4.68. The van der Waals surface area contributed by atoms with Crippen LogP contribution in [-0.4, -0.2) is 18.2 Å². The summed E-state index contributed by atoms with van der Waals surface area (Å²) in [4.78, 5) is 0. The van der Waals surface area contributed by atoms with Gasteiger partial charge in [0.25, 0.3) is 0 Å². The van der Waals surface area contributed by atoms with E-state index in [0.29, 0.717) is 6.54 Å². The number of hydrogen-bond acceptors (Lipinski definition) is 2. The third-order valence-electron chi connectivity index (χ3n) is 2.36. The molecule has 3 heteroatoms. The van der Waals surface area contributed by atoms with Gasteiger partial charge in [-0.2, -0.15) is 0 Å². The summed E-state index contributed by atoms with van der Waals surface area (Å²) in [6, 6.07) is 8.10. The highest BCUT2D eigenvalue weighted by atomic mass is 16.5. The normalized spacial score (nSPS) is 10.7. The lowest BCUT2D eigenvalue weighted by molar-refractivity contribution is 0.420. The molecule has 0 bridgehead atoms. The molecule has 3 nitrogen and oxygen atoms in total. The van der Waals surface area contributed by atoms with Crippen molar-refractivity contribution in [2.24, 2.45) is 5.73 Å². The monoisotopic (exact) mass is 190 g/mol. The van der Waals surface area contributed by atoms with Crippen molar-refractivity contribution in [2.75, 3.05) is 13.7 Å². The predicted molar refractivity (Wildman–Crippen MR) is 57.5 cm³/mol. The molecule has 0 radical (unpaired) electrons. The molecule has 2 rings (SSSR count). The van der Waals surface area contributed by atoms with Crippen LogP contribution in [0.2, 0.25) is 0 Å². The smallest absolute Gasteiger partial charge is 0.128 e. The van der Waals surface area contributed by atoms with E-state index in [9.17, 15) is 0 Å². The summed E-state index contributed by atoms with van der Waals surface area (Å²) < 4.78 is 7.41. The summed E-state index contributed by atoms with van der Waals surface area (Å²) in [5.74, 6) is 0.915. The molecule has 0 aliphatic heterocycles. The van der Waals surface area contributed by atoms with Gasteiger partial charge in [0.15, 0.2) is 0 Å². The third-order valence-corrected chi connectivity index (χ3v) is 2.36. The lowest BCUT2D eigenvalue weighted by Gasteiger charge is -2.04. The molecule has 2 N–H and O–H groups in total. The van der Waals surface area contributed by atoms with Crippen molar-refractivity contribution in [3.63, 3.8) is 0 Å². The second kappa shape index (κ2) is 3.72. The number of methoxy groups -OCH3 is 1. The van der Waals surface area contributed by atoms with Crippen molar-refractivity contribution in [1.82, 2.24) is 4.57 Å². The zero-order valence-corrected chi connectivity index (χ0v) is 8.23. The summed E-state index contributed by atoms with van der Waals surface area (Å²) in [5, 5.41) is 1.14.